The van der Waals surface area contributed by atoms with Crippen molar-refractivity contribution in [2.24, 2.45) is 5.73 Å². The predicted molar refractivity (Wildman–Crippen MR) is 69.9 cm³/mol. The van der Waals surface area contributed by atoms with Gasteiger partial charge in [0.25, 0.3) is 0 Å². The van der Waals surface area contributed by atoms with Crippen LogP contribution < -0.4 is 5.73 Å². The van der Waals surface area contributed by atoms with E-state index in [1.165, 1.54) is 30.5 Å². The number of ether oxygens (including phenoxy) is 2. The van der Waals surface area contributed by atoms with Crippen LogP contribution in [0.3, 0.4) is 0 Å². The van der Waals surface area contributed by atoms with Crippen molar-refractivity contribution in [1.29, 1.82) is 0 Å². The lowest BCUT2D eigenvalue weighted by atomic mass is 9.97. The highest BCUT2D eigenvalue weighted by atomic mass is 16.6. The Balaban J connectivity index is 2.84. The summed E-state index contributed by atoms with van der Waals surface area (Å²) in [4.78, 5) is 24.7. The van der Waals surface area contributed by atoms with Crippen molar-refractivity contribution in [1.82, 2.24) is 4.90 Å². The number of hydrogen-bond donors (Lipinski definition) is 1. The molecule has 106 valence electrons. The van der Waals surface area contributed by atoms with Gasteiger partial charge in [-0.05, 0) is 33.3 Å². The molecule has 2 N–H and O–H groups in total. The summed E-state index contributed by atoms with van der Waals surface area (Å²) >= 11 is 0. The molecule has 6 heteroatoms. The lowest BCUT2D eigenvalue weighted by Gasteiger charge is -2.23. The van der Waals surface area contributed by atoms with Crippen molar-refractivity contribution in [3.8, 4) is 0 Å². The molecule has 1 atom stereocenters. The molecular formula is C13H20N2O4. The van der Waals surface area contributed by atoms with E-state index in [0.29, 0.717) is 0 Å². The van der Waals surface area contributed by atoms with Gasteiger partial charge in [0.1, 0.15) is 11.1 Å². The Bertz CT molecular complexity index is 423. The molecule has 0 saturated heterocycles. The summed E-state index contributed by atoms with van der Waals surface area (Å²) < 4.78 is 9.86. The van der Waals surface area contributed by atoms with Gasteiger partial charge in [0.2, 0.25) is 0 Å². The number of rotatable bonds is 1. The van der Waals surface area contributed by atoms with Crippen LogP contribution in [0.5, 0.6) is 0 Å². The normalized spacial score (nSPS) is 22.9. The number of nitrogens with zero attached hydrogens (tertiary/aromatic N) is 1. The van der Waals surface area contributed by atoms with E-state index in [-0.39, 0.29) is 6.42 Å². The third-order valence-electron chi connectivity index (χ3n) is 2.42. The average Bonchev–Trinajstić information content (AvgIpc) is 2.49. The van der Waals surface area contributed by atoms with Gasteiger partial charge < -0.3 is 15.2 Å². The Kier molecular flexibility index (Phi) is 4.36. The highest BCUT2D eigenvalue weighted by Crippen LogP contribution is 2.18. The summed E-state index contributed by atoms with van der Waals surface area (Å²) in [5.41, 5.74) is 4.06. The van der Waals surface area contributed by atoms with Gasteiger partial charge in [-0.1, -0.05) is 6.08 Å². The Morgan fingerprint density at radius 1 is 1.32 bits per heavy atom. The van der Waals surface area contributed by atoms with Crippen LogP contribution in [0.15, 0.2) is 24.6 Å². The lowest BCUT2D eigenvalue weighted by Crippen LogP contribution is -2.46. The van der Waals surface area contributed by atoms with Gasteiger partial charge in [0.05, 0.1) is 7.11 Å². The first kappa shape index (κ1) is 15.2. The first-order valence-electron chi connectivity index (χ1n) is 5.92. The Morgan fingerprint density at radius 3 is 2.47 bits per heavy atom. The third kappa shape index (κ3) is 4.10. The number of carbonyl (C=O) groups excluding carboxylic acids is 2. The SMILES string of the molecule is COC(=O)C1(N)C=CN(C(=O)OC(C)(C)C)C=CC1. The fourth-order valence-corrected chi connectivity index (χ4v) is 1.47. The Morgan fingerprint density at radius 2 is 1.95 bits per heavy atom. The van der Waals surface area contributed by atoms with Crippen LogP contribution in [-0.4, -0.2) is 35.2 Å². The molecule has 1 aliphatic heterocycles. The minimum absolute atomic E-state index is 0.246. The van der Waals surface area contributed by atoms with E-state index in [9.17, 15) is 9.59 Å². The van der Waals surface area contributed by atoms with Gasteiger partial charge in [-0.15, -0.1) is 0 Å². The number of hydrogen-bond acceptors (Lipinski definition) is 5. The Hall–Kier alpha value is -1.82. The maximum absolute atomic E-state index is 11.9. The van der Waals surface area contributed by atoms with Crippen LogP contribution >= 0.6 is 0 Å². The topological polar surface area (TPSA) is 81.9 Å². The van der Waals surface area contributed by atoms with E-state index >= 15 is 0 Å². The van der Waals surface area contributed by atoms with Crippen LogP contribution in [0.4, 0.5) is 4.79 Å². The summed E-state index contributed by atoms with van der Waals surface area (Å²) in [5.74, 6) is -0.556. The standard InChI is InChI=1S/C13H20N2O4/c1-12(2,3)19-11(17)15-8-5-6-13(14,7-9-15)10(16)18-4/h5,7-9H,6,14H2,1-4H3. The maximum atomic E-state index is 11.9. The monoisotopic (exact) mass is 268 g/mol. The zero-order chi connectivity index (χ0) is 14.7. The van der Waals surface area contributed by atoms with Crippen LogP contribution in [0.25, 0.3) is 0 Å². The molecule has 1 amide bonds. The van der Waals surface area contributed by atoms with E-state index < -0.39 is 23.2 Å². The van der Waals surface area contributed by atoms with Crippen LogP contribution in [-0.2, 0) is 14.3 Å². The van der Waals surface area contributed by atoms with E-state index in [4.69, 9.17) is 10.5 Å². The molecule has 0 spiro atoms. The molecule has 0 bridgehead atoms. The molecule has 1 unspecified atom stereocenters. The molecule has 0 radical (unpaired) electrons. The molecule has 1 heterocycles. The van der Waals surface area contributed by atoms with Crippen LogP contribution in [0, 0.1) is 0 Å². The lowest BCUT2D eigenvalue weighted by molar-refractivity contribution is -0.145. The first-order chi connectivity index (χ1) is 8.68. The molecule has 19 heavy (non-hydrogen) atoms. The van der Waals surface area contributed by atoms with Gasteiger partial charge in [0, 0.05) is 12.4 Å². The third-order valence-corrected chi connectivity index (χ3v) is 2.42. The number of nitrogens with two attached hydrogens (primary N) is 1. The van der Waals surface area contributed by atoms with E-state index in [0.717, 1.165) is 0 Å². The predicted octanol–water partition coefficient (Wildman–Crippen LogP) is 1.53. The zero-order valence-corrected chi connectivity index (χ0v) is 11.7. The quantitative estimate of drug-likeness (QED) is 0.729. The molecule has 0 saturated carbocycles. The van der Waals surface area contributed by atoms with E-state index in [1.54, 1.807) is 26.8 Å². The summed E-state index contributed by atoms with van der Waals surface area (Å²) in [5, 5.41) is 0. The summed E-state index contributed by atoms with van der Waals surface area (Å²) in [6.07, 6.45) is 5.70. The molecule has 1 aliphatic rings. The average molecular weight is 268 g/mol. The van der Waals surface area contributed by atoms with Crippen LogP contribution in [0.2, 0.25) is 0 Å². The molecule has 0 aliphatic carbocycles. The molecule has 0 aromatic rings. The smallest absolute Gasteiger partial charge is 0.418 e. The van der Waals surface area contributed by atoms with Gasteiger partial charge in [0.15, 0.2) is 0 Å². The second kappa shape index (κ2) is 5.44. The molecule has 1 rings (SSSR count). The summed E-state index contributed by atoms with van der Waals surface area (Å²) in [6.45, 7) is 5.33. The van der Waals surface area contributed by atoms with Gasteiger partial charge in [-0.25, -0.2) is 9.59 Å². The molecular weight excluding hydrogens is 248 g/mol. The van der Waals surface area contributed by atoms with Crippen molar-refractivity contribution >= 4 is 12.1 Å². The number of esters is 1. The van der Waals surface area contributed by atoms with Gasteiger partial charge >= 0.3 is 12.1 Å². The molecule has 0 aromatic heterocycles. The van der Waals surface area contributed by atoms with Crippen molar-refractivity contribution in [3.63, 3.8) is 0 Å². The Labute approximate surface area is 112 Å². The summed E-state index contributed by atoms with van der Waals surface area (Å²) in [6, 6.07) is 0. The van der Waals surface area contributed by atoms with Crippen molar-refractivity contribution in [2.45, 2.75) is 38.3 Å². The van der Waals surface area contributed by atoms with E-state index in [1.807, 2.05) is 0 Å². The number of amides is 1. The second-order valence-corrected chi connectivity index (χ2v) is 5.32. The van der Waals surface area contributed by atoms with Crippen LogP contribution in [0.1, 0.15) is 27.2 Å². The minimum Gasteiger partial charge on any atom is -0.467 e. The fourth-order valence-electron chi connectivity index (χ4n) is 1.47. The molecule has 6 nitrogen and oxygen atoms in total. The van der Waals surface area contributed by atoms with Crippen molar-refractivity contribution in [3.05, 3.63) is 24.6 Å². The van der Waals surface area contributed by atoms with Crippen molar-refractivity contribution < 1.29 is 19.1 Å². The number of methoxy groups -OCH3 is 1. The van der Waals surface area contributed by atoms with Gasteiger partial charge in [-0.3, -0.25) is 4.90 Å². The van der Waals surface area contributed by atoms with E-state index in [2.05, 4.69) is 4.74 Å². The maximum Gasteiger partial charge on any atom is 0.418 e. The zero-order valence-electron chi connectivity index (χ0n) is 11.7. The minimum atomic E-state index is -1.26. The highest BCUT2D eigenvalue weighted by molar-refractivity contribution is 5.83. The summed E-state index contributed by atoms with van der Waals surface area (Å²) in [7, 11) is 1.27. The molecule has 0 fully saturated rings. The highest BCUT2D eigenvalue weighted by Gasteiger charge is 2.33. The van der Waals surface area contributed by atoms with Gasteiger partial charge in [-0.2, -0.15) is 0 Å². The first-order valence-corrected chi connectivity index (χ1v) is 5.92. The largest absolute Gasteiger partial charge is 0.467 e. The molecule has 0 aromatic carbocycles. The van der Waals surface area contributed by atoms with Crippen molar-refractivity contribution in [2.75, 3.05) is 7.11 Å². The number of carbonyl (C=O) groups is 2. The second-order valence-electron chi connectivity index (χ2n) is 5.32. The fraction of sp³-hybridized carbons (Fsp3) is 0.538.